The molecule has 0 amide bonds. The molecule has 0 unspecified atom stereocenters. The lowest BCUT2D eigenvalue weighted by Crippen LogP contribution is -2.11. The minimum Gasteiger partial charge on any atom is -0.426 e. The largest absolute Gasteiger partial charge is 0.426 e. The van der Waals surface area contributed by atoms with Gasteiger partial charge in [-0.05, 0) is 43.4 Å². The average molecular weight is 294 g/mol. The highest BCUT2D eigenvalue weighted by molar-refractivity contribution is 6.05. The summed E-state index contributed by atoms with van der Waals surface area (Å²) in [6.07, 6.45) is 1.79. The van der Waals surface area contributed by atoms with E-state index in [4.69, 9.17) is 9.15 Å². The molecule has 4 rings (SSSR count). The Morgan fingerprint density at radius 3 is 2.55 bits per heavy atom. The Morgan fingerprint density at radius 1 is 1.09 bits per heavy atom. The number of carbonyl (C=O) groups excluding carboxylic acids is 1. The van der Waals surface area contributed by atoms with Crippen LogP contribution in [0.2, 0.25) is 0 Å². The minimum absolute atomic E-state index is 0.0266. The average Bonchev–Trinajstić information content (AvgIpc) is 3.36. The van der Waals surface area contributed by atoms with Gasteiger partial charge in [0.2, 0.25) is 0 Å². The first kappa shape index (κ1) is 13.1. The van der Waals surface area contributed by atoms with Crippen LogP contribution in [0.4, 0.5) is 0 Å². The molecular formula is C18H14O4. The van der Waals surface area contributed by atoms with Crippen molar-refractivity contribution < 1.29 is 13.9 Å². The summed E-state index contributed by atoms with van der Waals surface area (Å²) >= 11 is 0. The van der Waals surface area contributed by atoms with Crippen molar-refractivity contribution >= 4 is 27.7 Å². The topological polar surface area (TPSA) is 56.5 Å². The Morgan fingerprint density at radius 2 is 1.82 bits per heavy atom. The summed E-state index contributed by atoms with van der Waals surface area (Å²) in [7, 11) is 0. The highest BCUT2D eigenvalue weighted by Gasteiger charge is 2.32. The Kier molecular flexibility index (Phi) is 2.79. The molecule has 4 heteroatoms. The SMILES string of the molecule is Cc1c(OC(=O)C2CC2)ccc2c1oc(=O)c1ccccc12. The third-order valence-corrected chi connectivity index (χ3v) is 4.11. The summed E-state index contributed by atoms with van der Waals surface area (Å²) in [5, 5.41) is 2.24. The molecule has 1 aliphatic carbocycles. The normalized spacial score (nSPS) is 14.4. The van der Waals surface area contributed by atoms with Crippen molar-refractivity contribution in [2.75, 3.05) is 0 Å². The minimum atomic E-state index is -0.378. The summed E-state index contributed by atoms with van der Waals surface area (Å²) in [6.45, 7) is 1.80. The van der Waals surface area contributed by atoms with Crippen LogP contribution in [0.15, 0.2) is 45.6 Å². The smallest absolute Gasteiger partial charge is 0.344 e. The summed E-state index contributed by atoms with van der Waals surface area (Å²) in [4.78, 5) is 24.0. The first-order valence-corrected chi connectivity index (χ1v) is 7.32. The van der Waals surface area contributed by atoms with Crippen molar-refractivity contribution in [2.24, 2.45) is 5.92 Å². The highest BCUT2D eigenvalue weighted by Crippen LogP contribution is 2.34. The van der Waals surface area contributed by atoms with E-state index in [-0.39, 0.29) is 17.5 Å². The molecule has 0 atom stereocenters. The molecule has 1 heterocycles. The van der Waals surface area contributed by atoms with Crippen LogP contribution < -0.4 is 10.4 Å². The van der Waals surface area contributed by atoms with Gasteiger partial charge in [0.25, 0.3) is 0 Å². The van der Waals surface area contributed by atoms with Gasteiger partial charge in [0, 0.05) is 10.9 Å². The summed E-state index contributed by atoms with van der Waals surface area (Å²) < 4.78 is 10.9. The van der Waals surface area contributed by atoms with Crippen molar-refractivity contribution in [3.8, 4) is 5.75 Å². The molecule has 1 fully saturated rings. The molecule has 0 radical (unpaired) electrons. The van der Waals surface area contributed by atoms with Crippen LogP contribution in [-0.4, -0.2) is 5.97 Å². The van der Waals surface area contributed by atoms with Gasteiger partial charge in [-0.3, -0.25) is 4.79 Å². The Hall–Kier alpha value is -2.62. The molecule has 0 aliphatic heterocycles. The first-order valence-electron chi connectivity index (χ1n) is 7.32. The monoisotopic (exact) mass is 294 g/mol. The number of aryl methyl sites for hydroxylation is 1. The van der Waals surface area contributed by atoms with E-state index in [0.717, 1.165) is 23.6 Å². The van der Waals surface area contributed by atoms with Crippen LogP contribution in [0.5, 0.6) is 5.75 Å². The lowest BCUT2D eigenvalue weighted by molar-refractivity contribution is -0.135. The maximum atomic E-state index is 12.1. The van der Waals surface area contributed by atoms with Gasteiger partial charge in [-0.2, -0.15) is 0 Å². The molecule has 4 nitrogen and oxygen atoms in total. The molecule has 22 heavy (non-hydrogen) atoms. The fraction of sp³-hybridized carbons (Fsp3) is 0.222. The Bertz CT molecular complexity index is 964. The van der Waals surface area contributed by atoms with Crippen molar-refractivity contribution in [2.45, 2.75) is 19.8 Å². The molecule has 1 aliphatic rings. The van der Waals surface area contributed by atoms with E-state index in [1.807, 2.05) is 24.3 Å². The second-order valence-electron chi connectivity index (χ2n) is 5.70. The van der Waals surface area contributed by atoms with Crippen molar-refractivity contribution in [3.05, 3.63) is 52.4 Å². The number of fused-ring (bicyclic) bond motifs is 3. The maximum absolute atomic E-state index is 12.1. The predicted octanol–water partition coefficient (Wildman–Crippen LogP) is 3.57. The van der Waals surface area contributed by atoms with Crippen molar-refractivity contribution in [1.82, 2.24) is 0 Å². The van der Waals surface area contributed by atoms with Crippen LogP contribution in [0.1, 0.15) is 18.4 Å². The van der Waals surface area contributed by atoms with Gasteiger partial charge in [0.1, 0.15) is 11.3 Å². The van der Waals surface area contributed by atoms with E-state index in [0.29, 0.717) is 22.3 Å². The van der Waals surface area contributed by atoms with Crippen LogP contribution >= 0.6 is 0 Å². The Labute approximate surface area is 126 Å². The van der Waals surface area contributed by atoms with E-state index < -0.39 is 0 Å². The molecule has 0 saturated heterocycles. The first-order chi connectivity index (χ1) is 10.6. The molecule has 1 aromatic heterocycles. The summed E-state index contributed by atoms with van der Waals surface area (Å²) in [5.41, 5.74) is 0.774. The van der Waals surface area contributed by atoms with Gasteiger partial charge in [-0.25, -0.2) is 4.79 Å². The molecule has 2 aromatic carbocycles. The van der Waals surface area contributed by atoms with E-state index >= 15 is 0 Å². The third-order valence-electron chi connectivity index (χ3n) is 4.11. The van der Waals surface area contributed by atoms with Gasteiger partial charge in [0.15, 0.2) is 0 Å². The fourth-order valence-electron chi connectivity index (χ4n) is 2.68. The van der Waals surface area contributed by atoms with E-state index in [1.165, 1.54) is 0 Å². The molecular weight excluding hydrogens is 280 g/mol. The van der Waals surface area contributed by atoms with Crippen LogP contribution in [0.25, 0.3) is 21.7 Å². The lowest BCUT2D eigenvalue weighted by Gasteiger charge is -2.10. The van der Waals surface area contributed by atoms with Crippen LogP contribution in [0.3, 0.4) is 0 Å². The van der Waals surface area contributed by atoms with E-state index in [9.17, 15) is 9.59 Å². The number of hydrogen-bond donors (Lipinski definition) is 0. The molecule has 0 N–H and O–H groups in total. The maximum Gasteiger partial charge on any atom is 0.344 e. The Balaban J connectivity index is 1.93. The predicted molar refractivity (Wildman–Crippen MR) is 83.1 cm³/mol. The second-order valence-corrected chi connectivity index (χ2v) is 5.70. The van der Waals surface area contributed by atoms with Gasteiger partial charge in [-0.15, -0.1) is 0 Å². The number of rotatable bonds is 2. The molecule has 0 bridgehead atoms. The summed E-state index contributed by atoms with van der Waals surface area (Å²) in [6, 6.07) is 10.9. The molecule has 0 spiro atoms. The van der Waals surface area contributed by atoms with Crippen molar-refractivity contribution in [3.63, 3.8) is 0 Å². The quantitative estimate of drug-likeness (QED) is 0.314. The third kappa shape index (κ3) is 1.99. The van der Waals surface area contributed by atoms with Gasteiger partial charge in [0.05, 0.1) is 11.3 Å². The molecule has 3 aromatic rings. The van der Waals surface area contributed by atoms with Gasteiger partial charge in [-0.1, -0.05) is 18.2 Å². The standard InChI is InChI=1S/C18H14O4/c1-10-15(21-17(19)11-6-7-11)9-8-13-12-4-2-3-5-14(12)18(20)22-16(10)13/h2-5,8-9,11H,6-7H2,1H3. The second kappa shape index (κ2) is 4.70. The summed E-state index contributed by atoms with van der Waals surface area (Å²) in [5.74, 6) is 0.284. The van der Waals surface area contributed by atoms with E-state index in [1.54, 1.807) is 19.1 Å². The zero-order valence-electron chi connectivity index (χ0n) is 12.1. The number of hydrogen-bond acceptors (Lipinski definition) is 4. The molecule has 110 valence electrons. The highest BCUT2D eigenvalue weighted by atomic mass is 16.5. The van der Waals surface area contributed by atoms with Gasteiger partial charge >= 0.3 is 11.6 Å². The number of esters is 1. The van der Waals surface area contributed by atoms with Crippen LogP contribution in [-0.2, 0) is 4.79 Å². The van der Waals surface area contributed by atoms with Crippen LogP contribution in [0, 0.1) is 12.8 Å². The number of ether oxygens (including phenoxy) is 1. The van der Waals surface area contributed by atoms with E-state index in [2.05, 4.69) is 0 Å². The van der Waals surface area contributed by atoms with Gasteiger partial charge < -0.3 is 9.15 Å². The number of benzene rings is 2. The number of carbonyl (C=O) groups is 1. The van der Waals surface area contributed by atoms with Crippen molar-refractivity contribution in [1.29, 1.82) is 0 Å². The lowest BCUT2D eigenvalue weighted by atomic mass is 10.0. The zero-order valence-corrected chi connectivity index (χ0v) is 12.1. The zero-order chi connectivity index (χ0) is 15.3. The molecule has 1 saturated carbocycles. The fourth-order valence-corrected chi connectivity index (χ4v) is 2.68.